The van der Waals surface area contributed by atoms with Gasteiger partial charge in [0.05, 0.1) is 28.1 Å². The molecule has 8 rings (SSSR count). The van der Waals surface area contributed by atoms with E-state index in [1.807, 2.05) is 4.90 Å². The number of piperidine rings is 4. The standard InChI is InChI=1S/C42H51F5N8O5S/c1-41(58)14-2-15-55(24-41)38-32(42(45,46)47)21-48-40(51-38)49-35-9-6-28(20-33(35)43)61(59,60)52-36-13-16-53(23-34(36)44)22-25-11-17-54(18-12-25)27-5-7-29(31(19-27)26-3-4-26)30-8-10-37(56)50-39(30)57/h5-7,9,19-21,25-26,30,34,36,52,58H,2-4,8,10-18,22-24H2,1H3,(H,48,49,51)(H,50,56,57)/t30?,34-,36+,41-/m0/s1. The van der Waals surface area contributed by atoms with Crippen LogP contribution >= 0.6 is 0 Å². The number of rotatable bonds is 11. The van der Waals surface area contributed by atoms with Gasteiger partial charge in [-0.25, -0.2) is 26.9 Å². The zero-order valence-corrected chi connectivity index (χ0v) is 34.7. The first-order chi connectivity index (χ1) is 28.9. The van der Waals surface area contributed by atoms with Gasteiger partial charge in [-0.3, -0.25) is 14.9 Å². The second kappa shape index (κ2) is 17.0. The molecule has 330 valence electrons. The maximum Gasteiger partial charge on any atom is 0.421 e. The molecular weight excluding hydrogens is 824 g/mol. The predicted octanol–water partition coefficient (Wildman–Crippen LogP) is 5.73. The minimum Gasteiger partial charge on any atom is -0.388 e. The second-order valence-corrected chi connectivity index (χ2v) is 19.2. The van der Waals surface area contributed by atoms with Gasteiger partial charge < -0.3 is 25.1 Å². The van der Waals surface area contributed by atoms with Gasteiger partial charge >= 0.3 is 6.18 Å². The number of nitrogens with zero attached hydrogens (tertiary/aromatic N) is 5. The molecule has 4 N–H and O–H groups in total. The lowest BCUT2D eigenvalue weighted by Crippen LogP contribution is -2.53. The van der Waals surface area contributed by atoms with Gasteiger partial charge in [0.15, 0.2) is 0 Å². The van der Waals surface area contributed by atoms with E-state index in [-0.39, 0.29) is 55.4 Å². The second-order valence-electron chi connectivity index (χ2n) is 17.5. The van der Waals surface area contributed by atoms with Gasteiger partial charge in [-0.1, -0.05) is 6.07 Å². The molecule has 1 saturated carbocycles. The number of imide groups is 1. The number of aliphatic hydroxyl groups is 1. The molecule has 1 aliphatic carbocycles. The predicted molar refractivity (Wildman–Crippen MR) is 217 cm³/mol. The van der Waals surface area contributed by atoms with Crippen molar-refractivity contribution in [3.8, 4) is 0 Å². The Bertz CT molecular complexity index is 2250. The van der Waals surface area contributed by atoms with E-state index < -0.39 is 56.1 Å². The number of benzene rings is 2. The van der Waals surface area contributed by atoms with Gasteiger partial charge in [0.1, 0.15) is 23.4 Å². The van der Waals surface area contributed by atoms with Crippen LogP contribution in [0.4, 0.5) is 45.1 Å². The minimum atomic E-state index is -4.79. The third-order valence-corrected chi connectivity index (χ3v) is 14.2. The van der Waals surface area contributed by atoms with Crippen molar-refractivity contribution in [3.05, 3.63) is 65.1 Å². The summed E-state index contributed by atoms with van der Waals surface area (Å²) in [5.74, 6) is -1.87. The molecule has 2 aromatic carbocycles. The number of hydrogen-bond acceptors (Lipinski definition) is 11. The van der Waals surface area contributed by atoms with Crippen LogP contribution in [0.2, 0.25) is 0 Å². The van der Waals surface area contributed by atoms with Crippen LogP contribution in [0.15, 0.2) is 47.5 Å². The Hall–Kier alpha value is -4.46. The van der Waals surface area contributed by atoms with Gasteiger partial charge in [0.25, 0.3) is 0 Å². The molecule has 4 saturated heterocycles. The third-order valence-electron chi connectivity index (χ3n) is 12.7. The molecule has 61 heavy (non-hydrogen) atoms. The number of hydrogen-bond donors (Lipinski definition) is 4. The molecule has 0 bridgehead atoms. The molecule has 4 aliphatic heterocycles. The van der Waals surface area contributed by atoms with Gasteiger partial charge in [-0.2, -0.15) is 18.2 Å². The molecule has 19 heteroatoms. The van der Waals surface area contributed by atoms with Crippen LogP contribution in [0, 0.1) is 11.7 Å². The Kier molecular flexibility index (Phi) is 12.0. The number of halogens is 5. The SMILES string of the molecule is C[C@]1(O)CCCN(c2nc(Nc3ccc(S(=O)(=O)N[C@@H]4CCN(CC5CCN(c6ccc(C7CCC(=O)NC7=O)c(C7CC7)c6)CC5)C[C@@H]4F)cc3F)ncc2C(F)(F)F)C1. The highest BCUT2D eigenvalue weighted by atomic mass is 32.2. The first kappa shape index (κ1) is 43.2. The van der Waals surface area contributed by atoms with Crippen LogP contribution in [0.5, 0.6) is 0 Å². The van der Waals surface area contributed by atoms with E-state index >= 15 is 8.78 Å². The number of aromatic nitrogens is 2. The quantitative estimate of drug-likeness (QED) is 0.138. The monoisotopic (exact) mass is 874 g/mol. The Morgan fingerprint density at radius 2 is 1.74 bits per heavy atom. The average molecular weight is 875 g/mol. The van der Waals surface area contributed by atoms with E-state index in [0.29, 0.717) is 56.8 Å². The highest BCUT2D eigenvalue weighted by Crippen LogP contribution is 2.46. The van der Waals surface area contributed by atoms with Gasteiger partial charge in [0, 0.05) is 57.6 Å². The lowest BCUT2D eigenvalue weighted by molar-refractivity contribution is -0.138. The summed E-state index contributed by atoms with van der Waals surface area (Å²) in [7, 11) is -4.36. The van der Waals surface area contributed by atoms with Crippen LogP contribution in [0.3, 0.4) is 0 Å². The summed E-state index contributed by atoms with van der Waals surface area (Å²) >= 11 is 0. The fourth-order valence-corrected chi connectivity index (χ4v) is 10.6. The number of anilines is 4. The third kappa shape index (κ3) is 9.94. The lowest BCUT2D eigenvalue weighted by atomic mass is 9.85. The van der Waals surface area contributed by atoms with Gasteiger partial charge in [-0.15, -0.1) is 0 Å². The maximum atomic E-state index is 15.6. The normalized spacial score (nSPS) is 26.0. The average Bonchev–Trinajstić information content (AvgIpc) is 4.05. The number of alkyl halides is 4. The highest BCUT2D eigenvalue weighted by Gasteiger charge is 2.40. The molecule has 1 aromatic heterocycles. The first-order valence-corrected chi connectivity index (χ1v) is 22.5. The van der Waals surface area contributed by atoms with E-state index in [0.717, 1.165) is 68.2 Å². The molecule has 4 atom stereocenters. The fourth-order valence-electron chi connectivity index (χ4n) is 9.25. The summed E-state index contributed by atoms with van der Waals surface area (Å²) in [6, 6.07) is 8.26. The Morgan fingerprint density at radius 1 is 0.967 bits per heavy atom. The molecule has 5 aliphatic rings. The zero-order chi connectivity index (χ0) is 43.3. The Labute approximate surface area is 351 Å². The Balaban J connectivity index is 0.838. The minimum absolute atomic E-state index is 0.0429. The zero-order valence-electron chi connectivity index (χ0n) is 33.9. The topological polar surface area (TPSA) is 160 Å². The van der Waals surface area contributed by atoms with E-state index in [9.17, 15) is 36.3 Å². The lowest BCUT2D eigenvalue weighted by Gasteiger charge is -2.39. The van der Waals surface area contributed by atoms with Crippen molar-refractivity contribution in [1.29, 1.82) is 0 Å². The molecule has 3 aromatic rings. The molecular formula is C42H51F5N8O5S. The van der Waals surface area contributed by atoms with Crippen LogP contribution in [-0.4, -0.2) is 104 Å². The smallest absolute Gasteiger partial charge is 0.388 e. The van der Waals surface area contributed by atoms with E-state index in [1.54, 1.807) is 0 Å². The van der Waals surface area contributed by atoms with Crippen molar-refractivity contribution in [3.63, 3.8) is 0 Å². The van der Waals surface area contributed by atoms with E-state index in [1.165, 1.54) is 17.4 Å². The summed E-state index contributed by atoms with van der Waals surface area (Å²) in [6.07, 6.45) is 0.163. The van der Waals surface area contributed by atoms with Crippen molar-refractivity contribution in [1.82, 2.24) is 24.9 Å². The summed E-state index contributed by atoms with van der Waals surface area (Å²) in [4.78, 5) is 37.4. The summed E-state index contributed by atoms with van der Waals surface area (Å²) in [5, 5.41) is 15.5. The molecule has 0 radical (unpaired) electrons. The van der Waals surface area contributed by atoms with Crippen LogP contribution in [0.1, 0.15) is 93.2 Å². The van der Waals surface area contributed by atoms with Crippen molar-refractivity contribution >= 4 is 45.0 Å². The number of nitrogens with one attached hydrogen (secondary N) is 3. The number of likely N-dealkylation sites (tertiary alicyclic amines) is 1. The van der Waals surface area contributed by atoms with Crippen molar-refractivity contribution in [2.24, 2.45) is 5.92 Å². The number of carbonyl (C=O) groups is 2. The number of β-amino-alcohol motifs (C(OH)–C–C–N with tert-alkyl or cyclic N) is 1. The van der Waals surface area contributed by atoms with Crippen molar-refractivity contribution in [2.45, 2.75) is 105 Å². The first-order valence-electron chi connectivity index (χ1n) is 21.0. The van der Waals surface area contributed by atoms with Crippen LogP contribution in [0.25, 0.3) is 0 Å². The maximum absolute atomic E-state index is 15.6. The summed E-state index contributed by atoms with van der Waals surface area (Å²) < 4.78 is 102. The molecule has 5 heterocycles. The fraction of sp³-hybridized carbons (Fsp3) is 0.571. The molecule has 5 fully saturated rings. The van der Waals surface area contributed by atoms with Crippen LogP contribution in [-0.2, 0) is 25.8 Å². The van der Waals surface area contributed by atoms with Crippen molar-refractivity contribution in [2.75, 3.05) is 60.9 Å². The molecule has 0 spiro atoms. The van der Waals surface area contributed by atoms with Crippen molar-refractivity contribution < 1.29 is 45.1 Å². The molecule has 1 unspecified atom stereocenters. The molecule has 2 amide bonds. The highest BCUT2D eigenvalue weighted by molar-refractivity contribution is 7.89. The molecule has 13 nitrogen and oxygen atoms in total. The van der Waals surface area contributed by atoms with E-state index in [4.69, 9.17) is 0 Å². The Morgan fingerprint density at radius 3 is 2.41 bits per heavy atom. The number of sulfonamides is 1. The van der Waals surface area contributed by atoms with Crippen LogP contribution < -0.4 is 25.2 Å². The van der Waals surface area contributed by atoms with Gasteiger partial charge in [0.2, 0.25) is 27.8 Å². The van der Waals surface area contributed by atoms with Gasteiger partial charge in [-0.05, 0) is 118 Å². The largest absolute Gasteiger partial charge is 0.421 e. The number of amides is 2. The number of carbonyl (C=O) groups excluding carboxylic acids is 2. The van der Waals surface area contributed by atoms with E-state index in [2.05, 4.69) is 48.4 Å². The summed E-state index contributed by atoms with van der Waals surface area (Å²) in [5.41, 5.74) is 0.698. The summed E-state index contributed by atoms with van der Waals surface area (Å²) in [6.45, 7) is 4.48.